The Morgan fingerprint density at radius 2 is 2.10 bits per heavy atom. The summed E-state index contributed by atoms with van der Waals surface area (Å²) in [6, 6.07) is 14.9. The molecule has 0 aliphatic carbocycles. The minimum absolute atomic E-state index is 0.143. The molecule has 2 aromatic heterocycles. The lowest BCUT2D eigenvalue weighted by atomic mass is 10.1. The Hall–Kier alpha value is -3.83. The molecule has 2 aromatic carbocycles. The molecule has 0 spiro atoms. The highest BCUT2D eigenvalue weighted by molar-refractivity contribution is 7.14. The van der Waals surface area contributed by atoms with Crippen LogP contribution in [0.4, 0.5) is 10.1 Å². The van der Waals surface area contributed by atoms with Crippen LogP contribution in [0.15, 0.2) is 58.4 Å². The van der Waals surface area contributed by atoms with E-state index in [-0.39, 0.29) is 17.0 Å². The molecule has 4 rings (SSSR count). The first kappa shape index (κ1) is 18.5. The molecule has 8 heteroatoms. The van der Waals surface area contributed by atoms with Crippen molar-refractivity contribution >= 4 is 22.9 Å². The van der Waals surface area contributed by atoms with Crippen molar-refractivity contribution in [2.24, 2.45) is 0 Å². The van der Waals surface area contributed by atoms with Crippen molar-refractivity contribution in [1.82, 2.24) is 10.1 Å². The van der Waals surface area contributed by atoms with E-state index in [4.69, 9.17) is 9.78 Å². The van der Waals surface area contributed by atoms with Crippen LogP contribution >= 0.6 is 11.3 Å². The molecule has 0 atom stereocenters. The van der Waals surface area contributed by atoms with E-state index in [1.54, 1.807) is 11.4 Å². The summed E-state index contributed by atoms with van der Waals surface area (Å²) in [7, 11) is 0. The second-order valence-electron chi connectivity index (χ2n) is 6.22. The number of thiophene rings is 1. The minimum Gasteiger partial charge on any atom is -0.333 e. The Kier molecular flexibility index (Phi) is 4.89. The summed E-state index contributed by atoms with van der Waals surface area (Å²) < 4.78 is 19.5. The second-order valence-corrected chi connectivity index (χ2v) is 7.13. The molecule has 29 heavy (non-hydrogen) atoms. The van der Waals surface area contributed by atoms with Crippen LogP contribution in [0.5, 0.6) is 0 Å². The Morgan fingerprint density at radius 3 is 2.86 bits per heavy atom. The minimum atomic E-state index is -0.766. The first-order valence-corrected chi connectivity index (χ1v) is 9.43. The number of nitrogens with zero attached hydrogens (tertiary/aromatic N) is 3. The Labute approximate surface area is 169 Å². The summed E-state index contributed by atoms with van der Waals surface area (Å²) >= 11 is 1.31. The predicted octanol–water partition coefficient (Wildman–Crippen LogP) is 5.04. The molecule has 0 aliphatic rings. The van der Waals surface area contributed by atoms with Crippen LogP contribution in [0.25, 0.3) is 22.2 Å². The van der Waals surface area contributed by atoms with Crippen molar-refractivity contribution < 1.29 is 13.7 Å². The van der Waals surface area contributed by atoms with E-state index in [0.717, 1.165) is 17.2 Å². The number of amides is 1. The number of hydrogen-bond donors (Lipinski definition) is 1. The van der Waals surface area contributed by atoms with Crippen molar-refractivity contribution in [3.8, 4) is 28.2 Å². The first-order valence-electron chi connectivity index (χ1n) is 8.55. The monoisotopic (exact) mass is 404 g/mol. The number of aromatic nitrogens is 2. The highest BCUT2D eigenvalue weighted by atomic mass is 32.1. The van der Waals surface area contributed by atoms with Gasteiger partial charge in [-0.2, -0.15) is 10.2 Å². The normalized spacial score (nSPS) is 10.5. The van der Waals surface area contributed by atoms with Crippen LogP contribution in [0, 0.1) is 24.1 Å². The number of nitriles is 1. The molecule has 6 nitrogen and oxygen atoms in total. The Bertz CT molecular complexity index is 1260. The van der Waals surface area contributed by atoms with Crippen LogP contribution in [0.2, 0.25) is 0 Å². The van der Waals surface area contributed by atoms with Crippen molar-refractivity contribution in [3.63, 3.8) is 0 Å². The number of aryl methyl sites for hydroxylation is 1. The van der Waals surface area contributed by atoms with Gasteiger partial charge in [0, 0.05) is 5.56 Å². The van der Waals surface area contributed by atoms with E-state index < -0.39 is 11.7 Å². The molecule has 0 aliphatic heterocycles. The molecule has 0 saturated heterocycles. The molecule has 1 amide bonds. The van der Waals surface area contributed by atoms with Gasteiger partial charge < -0.3 is 9.84 Å². The zero-order valence-corrected chi connectivity index (χ0v) is 16.0. The average Bonchev–Trinajstić information content (AvgIpc) is 3.37. The summed E-state index contributed by atoms with van der Waals surface area (Å²) in [6.45, 7) is 1.97. The quantitative estimate of drug-likeness (QED) is 0.515. The zero-order chi connectivity index (χ0) is 20.4. The lowest BCUT2D eigenvalue weighted by Gasteiger charge is -2.06. The highest BCUT2D eigenvalue weighted by Crippen LogP contribution is 2.34. The number of benzene rings is 2. The maximum Gasteiger partial charge on any atom is 0.270 e. The van der Waals surface area contributed by atoms with Crippen LogP contribution in [0.3, 0.4) is 0 Å². The van der Waals surface area contributed by atoms with Crippen LogP contribution in [-0.4, -0.2) is 16.0 Å². The molecule has 0 radical (unpaired) electrons. The van der Waals surface area contributed by atoms with Gasteiger partial charge in [-0.1, -0.05) is 28.9 Å². The summed E-state index contributed by atoms with van der Waals surface area (Å²) in [4.78, 5) is 17.5. The topological polar surface area (TPSA) is 91.8 Å². The van der Waals surface area contributed by atoms with Crippen LogP contribution < -0.4 is 5.32 Å². The van der Waals surface area contributed by atoms with E-state index in [2.05, 4.69) is 15.5 Å². The molecular formula is C21H13FN4O2S. The van der Waals surface area contributed by atoms with Crippen LogP contribution in [0.1, 0.15) is 21.5 Å². The fourth-order valence-corrected chi connectivity index (χ4v) is 3.52. The number of hydrogen-bond acceptors (Lipinski definition) is 6. The van der Waals surface area contributed by atoms with Gasteiger partial charge in [-0.3, -0.25) is 4.79 Å². The van der Waals surface area contributed by atoms with Gasteiger partial charge in [0.1, 0.15) is 10.7 Å². The molecular weight excluding hydrogens is 391 g/mol. The summed E-state index contributed by atoms with van der Waals surface area (Å²) in [5, 5.41) is 17.3. The van der Waals surface area contributed by atoms with Crippen LogP contribution in [-0.2, 0) is 0 Å². The van der Waals surface area contributed by atoms with Gasteiger partial charge >= 0.3 is 0 Å². The Balaban J connectivity index is 1.60. The summed E-state index contributed by atoms with van der Waals surface area (Å²) in [5.41, 5.74) is 2.31. The van der Waals surface area contributed by atoms with E-state index >= 15 is 0 Å². The Morgan fingerprint density at radius 1 is 1.24 bits per heavy atom. The first-order chi connectivity index (χ1) is 14.0. The van der Waals surface area contributed by atoms with Gasteiger partial charge in [-0.25, -0.2) is 4.39 Å². The smallest absolute Gasteiger partial charge is 0.270 e. The maximum absolute atomic E-state index is 14.1. The fraction of sp³-hybridized carbons (Fsp3) is 0.0476. The standard InChI is InChI=1S/C21H13FN4O2S/c1-12-3-2-4-14(9-12)19-25-21(28-26-19)18-17(7-8-29-18)24-20(27)15-6-5-13(11-23)10-16(15)22/h2-10H,1H3,(H,24,27). The fourth-order valence-electron chi connectivity index (χ4n) is 2.75. The number of rotatable bonds is 4. The molecule has 142 valence electrons. The molecule has 4 aromatic rings. The average molecular weight is 404 g/mol. The van der Waals surface area contributed by atoms with Crippen molar-refractivity contribution in [2.75, 3.05) is 5.32 Å². The third-order valence-electron chi connectivity index (χ3n) is 4.15. The number of anilines is 1. The summed E-state index contributed by atoms with van der Waals surface area (Å²) in [6.07, 6.45) is 0. The van der Waals surface area contributed by atoms with Crippen molar-refractivity contribution in [3.05, 3.63) is 76.4 Å². The third kappa shape index (κ3) is 3.77. The highest BCUT2D eigenvalue weighted by Gasteiger charge is 2.19. The molecule has 0 fully saturated rings. The van der Waals surface area contributed by atoms with Gasteiger partial charge in [0.25, 0.3) is 11.8 Å². The number of halogens is 1. The number of carbonyl (C=O) groups is 1. The van der Waals surface area contributed by atoms with E-state index in [9.17, 15) is 9.18 Å². The molecule has 0 bridgehead atoms. The third-order valence-corrected chi connectivity index (χ3v) is 5.06. The lowest BCUT2D eigenvalue weighted by molar-refractivity contribution is 0.102. The second kappa shape index (κ2) is 7.66. The predicted molar refractivity (Wildman–Crippen MR) is 107 cm³/mol. The molecule has 1 N–H and O–H groups in total. The largest absolute Gasteiger partial charge is 0.333 e. The van der Waals surface area contributed by atoms with Gasteiger partial charge in [-0.15, -0.1) is 11.3 Å². The van der Waals surface area contributed by atoms with Gasteiger partial charge in [0.05, 0.1) is 22.9 Å². The lowest BCUT2D eigenvalue weighted by Crippen LogP contribution is -2.13. The van der Waals surface area contributed by atoms with Gasteiger partial charge in [-0.05, 0) is 42.6 Å². The zero-order valence-electron chi connectivity index (χ0n) is 15.1. The van der Waals surface area contributed by atoms with Gasteiger partial charge in [0.15, 0.2) is 0 Å². The van der Waals surface area contributed by atoms with Crippen molar-refractivity contribution in [1.29, 1.82) is 5.26 Å². The van der Waals surface area contributed by atoms with Crippen molar-refractivity contribution in [2.45, 2.75) is 6.92 Å². The van der Waals surface area contributed by atoms with E-state index in [1.807, 2.05) is 37.3 Å². The summed E-state index contributed by atoms with van der Waals surface area (Å²) in [5.74, 6) is -0.706. The van der Waals surface area contributed by atoms with E-state index in [1.165, 1.54) is 23.5 Å². The SMILES string of the molecule is Cc1cccc(-c2noc(-c3sccc3NC(=O)c3ccc(C#N)cc3F)n2)c1. The van der Waals surface area contributed by atoms with Gasteiger partial charge in [0.2, 0.25) is 5.82 Å². The number of nitrogens with one attached hydrogen (secondary N) is 1. The maximum atomic E-state index is 14.1. The molecule has 2 heterocycles. The molecule has 0 unspecified atom stereocenters. The number of carbonyl (C=O) groups excluding carboxylic acids is 1. The molecule has 0 saturated carbocycles. The van der Waals surface area contributed by atoms with E-state index in [0.29, 0.717) is 16.4 Å².